The van der Waals surface area contributed by atoms with Crippen molar-refractivity contribution in [1.82, 2.24) is 4.31 Å². The van der Waals surface area contributed by atoms with Gasteiger partial charge in [-0.1, -0.05) is 13.0 Å². The minimum atomic E-state index is -3.39. The highest BCUT2D eigenvalue weighted by Crippen LogP contribution is 2.26. The van der Waals surface area contributed by atoms with Gasteiger partial charge in [0.25, 0.3) is 0 Å². The number of hydrogen-bond donors (Lipinski definition) is 0. The highest BCUT2D eigenvalue weighted by Gasteiger charge is 2.30. The van der Waals surface area contributed by atoms with E-state index in [0.717, 1.165) is 25.7 Å². The van der Waals surface area contributed by atoms with Crippen LogP contribution in [0.1, 0.15) is 37.3 Å². The summed E-state index contributed by atoms with van der Waals surface area (Å²) in [5.74, 6) is 0. The Morgan fingerprint density at radius 2 is 2.00 bits per heavy atom. The van der Waals surface area contributed by atoms with Crippen molar-refractivity contribution in [2.75, 3.05) is 19.7 Å². The van der Waals surface area contributed by atoms with Gasteiger partial charge in [0.2, 0.25) is 10.0 Å². The van der Waals surface area contributed by atoms with Gasteiger partial charge in [-0.05, 0) is 55.4 Å². The Hall–Kier alpha value is -0.910. The predicted octanol–water partition coefficient (Wildman–Crippen LogP) is 2.36. The number of sulfonamides is 1. The van der Waals surface area contributed by atoms with Crippen molar-refractivity contribution >= 4 is 10.0 Å². The van der Waals surface area contributed by atoms with Crippen molar-refractivity contribution in [3.05, 3.63) is 29.3 Å². The second-order valence-electron chi connectivity index (χ2n) is 5.90. The van der Waals surface area contributed by atoms with Crippen LogP contribution in [0.5, 0.6) is 0 Å². The van der Waals surface area contributed by atoms with E-state index < -0.39 is 10.0 Å². The summed E-state index contributed by atoms with van der Waals surface area (Å²) in [5, 5.41) is 0. The summed E-state index contributed by atoms with van der Waals surface area (Å²) in [7, 11) is -3.39. The fraction of sp³-hybridized carbons (Fsp3) is 0.625. The summed E-state index contributed by atoms with van der Waals surface area (Å²) >= 11 is 0. The molecule has 1 aromatic carbocycles. The molecule has 0 spiro atoms. The minimum Gasteiger partial charge on any atom is -0.375 e. The molecule has 0 saturated carbocycles. The maximum atomic E-state index is 12.8. The van der Waals surface area contributed by atoms with Crippen molar-refractivity contribution in [2.45, 2.75) is 50.0 Å². The van der Waals surface area contributed by atoms with E-state index in [0.29, 0.717) is 24.6 Å². The normalized spacial score (nSPS) is 23.8. The molecule has 4 nitrogen and oxygen atoms in total. The molecule has 21 heavy (non-hydrogen) atoms. The van der Waals surface area contributed by atoms with Crippen molar-refractivity contribution in [3.63, 3.8) is 0 Å². The molecule has 0 radical (unpaired) electrons. The van der Waals surface area contributed by atoms with Gasteiger partial charge in [0.05, 0.1) is 17.6 Å². The molecule has 1 aliphatic heterocycles. The molecule has 1 atom stereocenters. The van der Waals surface area contributed by atoms with Gasteiger partial charge in [-0.15, -0.1) is 0 Å². The molecule has 0 amide bonds. The number of nitrogens with zero attached hydrogens (tertiary/aromatic N) is 1. The summed E-state index contributed by atoms with van der Waals surface area (Å²) in [5.41, 5.74) is 2.52. The van der Waals surface area contributed by atoms with Crippen molar-refractivity contribution in [1.29, 1.82) is 0 Å². The van der Waals surface area contributed by atoms with Gasteiger partial charge in [0.15, 0.2) is 0 Å². The average molecular weight is 309 g/mol. The Morgan fingerprint density at radius 1 is 1.24 bits per heavy atom. The zero-order valence-corrected chi connectivity index (χ0v) is 13.4. The van der Waals surface area contributed by atoms with Crippen LogP contribution in [0.4, 0.5) is 0 Å². The average Bonchev–Trinajstić information content (AvgIpc) is 2.54. The lowest BCUT2D eigenvalue weighted by Gasteiger charge is -2.32. The Balaban J connectivity index is 1.87. The van der Waals surface area contributed by atoms with Gasteiger partial charge in [0, 0.05) is 13.1 Å². The van der Waals surface area contributed by atoms with Crippen LogP contribution in [0.2, 0.25) is 0 Å². The summed E-state index contributed by atoms with van der Waals surface area (Å²) < 4.78 is 32.8. The molecule has 1 aliphatic carbocycles. The van der Waals surface area contributed by atoms with E-state index >= 15 is 0 Å². The molecule has 116 valence electrons. The molecule has 0 aromatic heterocycles. The number of morpholine rings is 1. The topological polar surface area (TPSA) is 46.6 Å². The van der Waals surface area contributed by atoms with Crippen molar-refractivity contribution < 1.29 is 13.2 Å². The predicted molar refractivity (Wildman–Crippen MR) is 81.9 cm³/mol. The van der Waals surface area contributed by atoms with Crippen molar-refractivity contribution in [3.8, 4) is 0 Å². The Labute approximate surface area is 127 Å². The molecule has 1 aromatic rings. The molecule has 0 N–H and O–H groups in total. The van der Waals surface area contributed by atoms with Gasteiger partial charge in [-0.25, -0.2) is 8.42 Å². The number of aryl methyl sites for hydroxylation is 2. The molecule has 0 bridgehead atoms. The van der Waals surface area contributed by atoms with Crippen LogP contribution in [0.3, 0.4) is 0 Å². The Morgan fingerprint density at radius 3 is 2.76 bits per heavy atom. The van der Waals surface area contributed by atoms with Gasteiger partial charge in [0.1, 0.15) is 0 Å². The number of hydrogen-bond acceptors (Lipinski definition) is 3. The molecular formula is C16H23NO3S. The van der Waals surface area contributed by atoms with E-state index in [1.165, 1.54) is 17.5 Å². The van der Waals surface area contributed by atoms with E-state index in [1.54, 1.807) is 10.4 Å². The first-order valence-corrected chi connectivity index (χ1v) is 9.29. The molecule has 2 aliphatic rings. The molecule has 0 unspecified atom stereocenters. The van der Waals surface area contributed by atoms with E-state index in [1.807, 2.05) is 19.1 Å². The lowest BCUT2D eigenvalue weighted by molar-refractivity contribution is -0.00278. The second kappa shape index (κ2) is 6.07. The molecular weight excluding hydrogens is 286 g/mol. The van der Waals surface area contributed by atoms with Crippen LogP contribution in [0, 0.1) is 0 Å². The van der Waals surface area contributed by atoms with E-state index in [2.05, 4.69) is 0 Å². The molecule has 1 heterocycles. The number of fused-ring (bicyclic) bond motifs is 1. The van der Waals surface area contributed by atoms with Crippen LogP contribution >= 0.6 is 0 Å². The third-order valence-electron chi connectivity index (χ3n) is 4.51. The molecule has 3 rings (SSSR count). The molecule has 1 saturated heterocycles. The first-order valence-electron chi connectivity index (χ1n) is 7.85. The summed E-state index contributed by atoms with van der Waals surface area (Å²) in [6.45, 7) is 3.44. The Bertz CT molecular complexity index is 612. The standard InChI is InChI=1S/C16H23NO3S/c1-2-15-12-17(9-10-20-15)21(18,19)16-8-7-13-5-3-4-6-14(13)11-16/h7-8,11,15H,2-6,9-10,12H2,1H3/t15-/m0/s1. The summed E-state index contributed by atoms with van der Waals surface area (Å²) in [6.07, 6.45) is 5.30. The smallest absolute Gasteiger partial charge is 0.243 e. The van der Waals surface area contributed by atoms with Gasteiger partial charge >= 0.3 is 0 Å². The molecule has 1 fully saturated rings. The van der Waals surface area contributed by atoms with Crippen LogP contribution < -0.4 is 0 Å². The lowest BCUT2D eigenvalue weighted by atomic mass is 9.92. The van der Waals surface area contributed by atoms with Gasteiger partial charge < -0.3 is 4.74 Å². The fourth-order valence-electron chi connectivity index (χ4n) is 3.18. The quantitative estimate of drug-likeness (QED) is 0.861. The highest BCUT2D eigenvalue weighted by molar-refractivity contribution is 7.89. The zero-order valence-electron chi connectivity index (χ0n) is 12.5. The first-order chi connectivity index (χ1) is 10.1. The maximum absolute atomic E-state index is 12.8. The van der Waals surface area contributed by atoms with Crippen LogP contribution in [0.15, 0.2) is 23.1 Å². The van der Waals surface area contributed by atoms with Gasteiger partial charge in [-0.2, -0.15) is 4.31 Å². The third-order valence-corrected chi connectivity index (χ3v) is 6.38. The lowest BCUT2D eigenvalue weighted by Crippen LogP contribution is -2.45. The molecule has 5 heteroatoms. The Kier molecular flexibility index (Phi) is 4.33. The zero-order chi connectivity index (χ0) is 14.9. The maximum Gasteiger partial charge on any atom is 0.243 e. The van der Waals surface area contributed by atoms with Crippen LogP contribution in [0.25, 0.3) is 0 Å². The SMILES string of the molecule is CC[C@H]1CN(S(=O)(=O)c2ccc3c(c2)CCCC3)CCO1. The second-order valence-corrected chi connectivity index (χ2v) is 7.84. The minimum absolute atomic E-state index is 0.0196. The van der Waals surface area contributed by atoms with Gasteiger partial charge in [-0.3, -0.25) is 0 Å². The van der Waals surface area contributed by atoms with E-state index in [-0.39, 0.29) is 6.10 Å². The fourth-order valence-corrected chi connectivity index (χ4v) is 4.68. The summed E-state index contributed by atoms with van der Waals surface area (Å²) in [4.78, 5) is 0.444. The third kappa shape index (κ3) is 3.00. The number of ether oxygens (including phenoxy) is 1. The monoisotopic (exact) mass is 309 g/mol. The number of rotatable bonds is 3. The van der Waals surface area contributed by atoms with E-state index in [4.69, 9.17) is 4.74 Å². The van der Waals surface area contributed by atoms with Crippen molar-refractivity contribution in [2.24, 2.45) is 0 Å². The van der Waals surface area contributed by atoms with Crippen LogP contribution in [-0.4, -0.2) is 38.5 Å². The highest BCUT2D eigenvalue weighted by atomic mass is 32.2. The first kappa shape index (κ1) is 15.0. The largest absolute Gasteiger partial charge is 0.375 e. The van der Waals surface area contributed by atoms with E-state index in [9.17, 15) is 8.42 Å². The number of benzene rings is 1. The van der Waals surface area contributed by atoms with Crippen LogP contribution in [-0.2, 0) is 27.6 Å². The summed E-state index contributed by atoms with van der Waals surface area (Å²) in [6, 6.07) is 5.66.